The van der Waals surface area contributed by atoms with Crippen LogP contribution in [0, 0.1) is 11.8 Å². The van der Waals surface area contributed by atoms with Crippen LogP contribution in [0.15, 0.2) is 9.98 Å². The molecule has 0 aromatic carbocycles. The van der Waals surface area contributed by atoms with E-state index in [1.165, 1.54) is 12.5 Å². The van der Waals surface area contributed by atoms with Crippen LogP contribution >= 0.6 is 0 Å². The predicted octanol–water partition coefficient (Wildman–Crippen LogP) is 2.24. The maximum Gasteiger partial charge on any atom is 0.235 e. The lowest BCUT2D eigenvalue weighted by Crippen LogP contribution is -2.41. The van der Waals surface area contributed by atoms with Gasteiger partial charge in [0.2, 0.25) is 12.2 Å². The minimum absolute atomic E-state index is 0.237. The molecule has 1 aliphatic rings. The fourth-order valence-corrected chi connectivity index (χ4v) is 2.77. The lowest BCUT2D eigenvalue weighted by atomic mass is 9.70. The first-order chi connectivity index (χ1) is 7.64. The van der Waals surface area contributed by atoms with Crippen LogP contribution in [-0.4, -0.2) is 24.2 Å². The molecule has 3 unspecified atom stereocenters. The fraction of sp³-hybridized carbons (Fsp3) is 0.833. The summed E-state index contributed by atoms with van der Waals surface area (Å²) in [5, 5.41) is 0. The number of hydrogen-bond donors (Lipinski definition) is 0. The lowest BCUT2D eigenvalue weighted by Gasteiger charge is -2.38. The predicted molar refractivity (Wildman–Crippen MR) is 60.6 cm³/mol. The van der Waals surface area contributed by atoms with Crippen LogP contribution in [-0.2, 0) is 9.59 Å². The van der Waals surface area contributed by atoms with Crippen molar-refractivity contribution in [2.45, 2.75) is 45.1 Å². The highest BCUT2D eigenvalue weighted by atomic mass is 16.1. The maximum absolute atomic E-state index is 10.5. The fourth-order valence-electron chi connectivity index (χ4n) is 2.77. The standard InChI is InChI=1S/C12H18N2O2/c1-10-5-3-4-6-11(10)12(2,14-9-16)7-13-8-15/h10-11H,3-7H2,1-2H3. The average Bonchev–Trinajstić information content (AvgIpc) is 2.27. The molecular weight excluding hydrogens is 204 g/mol. The first-order valence-corrected chi connectivity index (χ1v) is 5.76. The molecule has 0 aliphatic heterocycles. The Labute approximate surface area is 95.9 Å². The van der Waals surface area contributed by atoms with E-state index in [2.05, 4.69) is 16.9 Å². The third-order valence-corrected chi connectivity index (χ3v) is 3.68. The molecule has 0 amide bonds. The Hall–Kier alpha value is -1.24. The van der Waals surface area contributed by atoms with Gasteiger partial charge in [-0.05, 0) is 25.2 Å². The van der Waals surface area contributed by atoms with E-state index in [9.17, 15) is 9.59 Å². The first-order valence-electron chi connectivity index (χ1n) is 5.76. The molecule has 1 fully saturated rings. The van der Waals surface area contributed by atoms with E-state index in [0.29, 0.717) is 11.8 Å². The third kappa shape index (κ3) is 2.88. The summed E-state index contributed by atoms with van der Waals surface area (Å²) in [7, 11) is 0. The van der Waals surface area contributed by atoms with Gasteiger partial charge in [0.05, 0.1) is 12.1 Å². The number of aliphatic imine (C=N–C) groups is 2. The van der Waals surface area contributed by atoms with Gasteiger partial charge in [-0.15, -0.1) is 0 Å². The Kier molecular flexibility index (Phi) is 4.60. The molecule has 16 heavy (non-hydrogen) atoms. The van der Waals surface area contributed by atoms with Gasteiger partial charge in [0.25, 0.3) is 0 Å². The number of hydrogen-bond acceptors (Lipinski definition) is 4. The Balaban J connectivity index is 2.89. The SMILES string of the molecule is CC1CCCCC1C(C)(CN=C=O)N=C=O. The van der Waals surface area contributed by atoms with E-state index in [1.54, 1.807) is 6.08 Å². The topological polar surface area (TPSA) is 58.9 Å². The summed E-state index contributed by atoms with van der Waals surface area (Å²) in [6.07, 6.45) is 7.72. The number of nitrogens with zero attached hydrogens (tertiary/aromatic N) is 2. The van der Waals surface area contributed by atoms with Crippen LogP contribution in [0.5, 0.6) is 0 Å². The summed E-state index contributed by atoms with van der Waals surface area (Å²) in [5.74, 6) is 0.817. The molecule has 0 spiro atoms. The van der Waals surface area contributed by atoms with Gasteiger partial charge in [0, 0.05) is 0 Å². The highest BCUT2D eigenvalue weighted by molar-refractivity contribution is 5.36. The average molecular weight is 222 g/mol. The van der Waals surface area contributed by atoms with Crippen LogP contribution in [0.3, 0.4) is 0 Å². The van der Waals surface area contributed by atoms with Gasteiger partial charge in [-0.3, -0.25) is 0 Å². The third-order valence-electron chi connectivity index (χ3n) is 3.68. The van der Waals surface area contributed by atoms with Crippen LogP contribution in [0.2, 0.25) is 0 Å². The second-order valence-corrected chi connectivity index (χ2v) is 4.84. The maximum atomic E-state index is 10.5. The second kappa shape index (κ2) is 5.74. The molecule has 88 valence electrons. The minimum atomic E-state index is -0.584. The van der Waals surface area contributed by atoms with Crippen LogP contribution in [0.25, 0.3) is 0 Å². The summed E-state index contributed by atoms with van der Waals surface area (Å²) >= 11 is 0. The summed E-state index contributed by atoms with van der Waals surface area (Å²) < 4.78 is 0. The Morgan fingerprint density at radius 3 is 2.50 bits per heavy atom. The molecule has 0 bridgehead atoms. The molecule has 1 rings (SSSR count). The molecule has 4 heteroatoms. The quantitative estimate of drug-likeness (QED) is 0.541. The van der Waals surface area contributed by atoms with Crippen molar-refractivity contribution in [3.63, 3.8) is 0 Å². The molecule has 0 aromatic rings. The molecular formula is C12H18N2O2. The number of isocyanates is 2. The van der Waals surface area contributed by atoms with Crippen LogP contribution in [0.1, 0.15) is 39.5 Å². The highest BCUT2D eigenvalue weighted by Gasteiger charge is 2.38. The second-order valence-electron chi connectivity index (χ2n) is 4.84. The molecule has 1 saturated carbocycles. The molecule has 0 N–H and O–H groups in total. The molecule has 0 radical (unpaired) electrons. The van der Waals surface area contributed by atoms with Crippen molar-refractivity contribution in [3.8, 4) is 0 Å². The molecule has 0 saturated heterocycles. The molecule has 0 aromatic heterocycles. The largest absolute Gasteiger partial charge is 0.235 e. The van der Waals surface area contributed by atoms with Gasteiger partial charge >= 0.3 is 0 Å². The van der Waals surface area contributed by atoms with Gasteiger partial charge in [-0.2, -0.15) is 4.99 Å². The van der Waals surface area contributed by atoms with E-state index in [-0.39, 0.29) is 6.54 Å². The Morgan fingerprint density at radius 1 is 1.25 bits per heavy atom. The van der Waals surface area contributed by atoms with Gasteiger partial charge in [-0.1, -0.05) is 26.2 Å². The molecule has 0 heterocycles. The van der Waals surface area contributed by atoms with Crippen molar-refractivity contribution >= 4 is 12.2 Å². The Bertz CT molecular complexity index is 330. The summed E-state index contributed by atoms with van der Waals surface area (Å²) in [6, 6.07) is 0. The number of carbonyl (C=O) groups excluding carboxylic acids is 2. The van der Waals surface area contributed by atoms with E-state index in [4.69, 9.17) is 0 Å². The van der Waals surface area contributed by atoms with Crippen molar-refractivity contribution in [2.24, 2.45) is 21.8 Å². The van der Waals surface area contributed by atoms with Crippen molar-refractivity contribution in [1.82, 2.24) is 0 Å². The summed E-state index contributed by atoms with van der Waals surface area (Å²) in [4.78, 5) is 28.2. The monoisotopic (exact) mass is 222 g/mol. The van der Waals surface area contributed by atoms with E-state index >= 15 is 0 Å². The van der Waals surface area contributed by atoms with Crippen molar-refractivity contribution in [1.29, 1.82) is 0 Å². The van der Waals surface area contributed by atoms with Crippen molar-refractivity contribution < 1.29 is 9.59 Å². The first kappa shape index (κ1) is 12.8. The van der Waals surface area contributed by atoms with E-state index < -0.39 is 5.54 Å². The minimum Gasteiger partial charge on any atom is -0.211 e. The van der Waals surface area contributed by atoms with Crippen molar-refractivity contribution in [3.05, 3.63) is 0 Å². The van der Waals surface area contributed by atoms with Gasteiger partial charge < -0.3 is 0 Å². The molecule has 4 nitrogen and oxygen atoms in total. The Morgan fingerprint density at radius 2 is 1.94 bits per heavy atom. The van der Waals surface area contributed by atoms with Crippen molar-refractivity contribution in [2.75, 3.05) is 6.54 Å². The smallest absolute Gasteiger partial charge is 0.211 e. The van der Waals surface area contributed by atoms with Gasteiger partial charge in [0.1, 0.15) is 0 Å². The zero-order valence-corrected chi connectivity index (χ0v) is 9.90. The summed E-state index contributed by atoms with van der Waals surface area (Å²) in [5.41, 5.74) is -0.584. The molecule has 3 atom stereocenters. The van der Waals surface area contributed by atoms with Gasteiger partial charge in [0.15, 0.2) is 0 Å². The molecule has 1 aliphatic carbocycles. The summed E-state index contributed by atoms with van der Waals surface area (Å²) in [6.45, 7) is 4.29. The van der Waals surface area contributed by atoms with Crippen LogP contribution in [0.4, 0.5) is 0 Å². The van der Waals surface area contributed by atoms with Gasteiger partial charge in [-0.25, -0.2) is 14.6 Å². The normalized spacial score (nSPS) is 28.4. The number of rotatable bonds is 4. The van der Waals surface area contributed by atoms with E-state index in [1.807, 2.05) is 6.92 Å². The lowest BCUT2D eigenvalue weighted by molar-refractivity contribution is 0.162. The van der Waals surface area contributed by atoms with E-state index in [0.717, 1.165) is 19.3 Å². The van der Waals surface area contributed by atoms with Crippen LogP contribution < -0.4 is 0 Å². The zero-order chi connectivity index (χ0) is 12.0. The highest BCUT2D eigenvalue weighted by Crippen LogP contribution is 2.39. The zero-order valence-electron chi connectivity index (χ0n) is 9.90.